The van der Waals surface area contributed by atoms with Crippen molar-refractivity contribution in [3.63, 3.8) is 0 Å². The van der Waals surface area contributed by atoms with Gasteiger partial charge in [-0.05, 0) is 43.1 Å². The van der Waals surface area contributed by atoms with Gasteiger partial charge in [0.25, 0.3) is 0 Å². The van der Waals surface area contributed by atoms with Gasteiger partial charge in [-0.15, -0.1) is 5.10 Å². The summed E-state index contributed by atoms with van der Waals surface area (Å²) >= 11 is 5.37. The van der Waals surface area contributed by atoms with E-state index in [9.17, 15) is 0 Å². The maximum absolute atomic E-state index is 5.37. The van der Waals surface area contributed by atoms with Gasteiger partial charge in [0.15, 0.2) is 5.11 Å². The third kappa shape index (κ3) is 4.51. The molecule has 0 radical (unpaired) electrons. The first kappa shape index (κ1) is 15.9. The molecule has 0 spiro atoms. The third-order valence-corrected chi connectivity index (χ3v) is 4.52. The molecule has 122 valence electrons. The lowest BCUT2D eigenvalue weighted by Gasteiger charge is -2.23. The Balaban J connectivity index is 1.54. The first-order valence-corrected chi connectivity index (χ1v) is 8.63. The fourth-order valence-corrected chi connectivity index (χ4v) is 3.22. The summed E-state index contributed by atoms with van der Waals surface area (Å²) in [5.41, 5.74) is 2.50. The van der Waals surface area contributed by atoms with Gasteiger partial charge < -0.3 is 5.32 Å². The van der Waals surface area contributed by atoms with E-state index in [0.717, 1.165) is 0 Å². The number of nitrogens with one attached hydrogen (secondary N) is 2. The first-order chi connectivity index (χ1) is 11.2. The van der Waals surface area contributed by atoms with E-state index >= 15 is 0 Å². The lowest BCUT2D eigenvalue weighted by Crippen LogP contribution is -2.39. The van der Waals surface area contributed by atoms with Crippen LogP contribution in [0.3, 0.4) is 0 Å². The number of aromatic nitrogens is 3. The molecule has 0 aliphatic heterocycles. The Morgan fingerprint density at radius 2 is 2.04 bits per heavy atom. The number of anilines is 1. The average Bonchev–Trinajstić information content (AvgIpc) is 2.97. The minimum absolute atomic E-state index is 0.484. The number of hydrogen-bond donors (Lipinski definition) is 2. The molecular weight excluding hydrogens is 306 g/mol. The molecule has 1 saturated carbocycles. The molecule has 0 saturated heterocycles. The van der Waals surface area contributed by atoms with Crippen molar-refractivity contribution in [1.29, 1.82) is 0 Å². The molecule has 0 unspecified atom stereocenters. The monoisotopic (exact) mass is 329 g/mol. The van der Waals surface area contributed by atoms with Crippen molar-refractivity contribution in [2.45, 2.75) is 51.6 Å². The van der Waals surface area contributed by atoms with Gasteiger partial charge >= 0.3 is 0 Å². The number of rotatable bonds is 4. The molecule has 2 aromatic rings. The highest BCUT2D eigenvalue weighted by atomic mass is 32.1. The molecule has 23 heavy (non-hydrogen) atoms. The number of thiocarbonyl (C=S) groups is 1. The highest BCUT2D eigenvalue weighted by molar-refractivity contribution is 7.80. The number of hydrogen-bond acceptors (Lipinski definition) is 3. The molecule has 1 aromatic heterocycles. The van der Waals surface area contributed by atoms with Crippen LogP contribution in [0.2, 0.25) is 0 Å². The molecule has 0 bridgehead atoms. The van der Waals surface area contributed by atoms with E-state index in [-0.39, 0.29) is 0 Å². The Morgan fingerprint density at radius 3 is 2.83 bits per heavy atom. The minimum Gasteiger partial charge on any atom is -0.360 e. The molecule has 1 aliphatic rings. The summed E-state index contributed by atoms with van der Waals surface area (Å²) in [7, 11) is 0. The predicted molar refractivity (Wildman–Crippen MR) is 96.5 cm³/mol. The van der Waals surface area contributed by atoms with Gasteiger partial charge in [-0.3, -0.25) is 5.32 Å². The molecule has 0 amide bonds. The first-order valence-electron chi connectivity index (χ1n) is 8.22. The van der Waals surface area contributed by atoms with Crippen molar-refractivity contribution in [2.24, 2.45) is 0 Å². The van der Waals surface area contributed by atoms with E-state index in [1.54, 1.807) is 6.33 Å². The van der Waals surface area contributed by atoms with E-state index in [0.29, 0.717) is 23.6 Å². The predicted octanol–water partition coefficient (Wildman–Crippen LogP) is 3.25. The van der Waals surface area contributed by atoms with Crippen LogP contribution in [-0.2, 0) is 6.54 Å². The second-order valence-electron chi connectivity index (χ2n) is 6.13. The normalized spacial score (nSPS) is 15.3. The topological polar surface area (TPSA) is 54.8 Å². The smallest absolute Gasteiger partial charge is 0.248 e. The Bertz CT molecular complexity index is 661. The zero-order chi connectivity index (χ0) is 16.1. The summed E-state index contributed by atoms with van der Waals surface area (Å²) in [6.45, 7) is 2.82. The summed E-state index contributed by atoms with van der Waals surface area (Å²) < 4.78 is 1.83. The van der Waals surface area contributed by atoms with Crippen LogP contribution in [-0.4, -0.2) is 25.9 Å². The third-order valence-electron chi connectivity index (χ3n) is 4.30. The van der Waals surface area contributed by atoms with Crippen LogP contribution in [0.5, 0.6) is 0 Å². The average molecular weight is 329 g/mol. The highest BCUT2D eigenvalue weighted by Gasteiger charge is 2.14. The van der Waals surface area contributed by atoms with Gasteiger partial charge in [0, 0.05) is 6.04 Å². The van der Waals surface area contributed by atoms with Gasteiger partial charge in [-0.25, -0.2) is 9.67 Å². The lowest BCUT2D eigenvalue weighted by molar-refractivity contribution is 0.414. The van der Waals surface area contributed by atoms with E-state index in [2.05, 4.69) is 39.8 Å². The van der Waals surface area contributed by atoms with Crippen molar-refractivity contribution in [2.75, 3.05) is 5.32 Å². The lowest BCUT2D eigenvalue weighted by atomic mass is 9.96. The SMILES string of the molecule is Cc1ccccc1Cn1cnc(NC(=S)NC2CCCCC2)n1. The molecule has 6 heteroatoms. The van der Waals surface area contributed by atoms with Crippen LogP contribution < -0.4 is 10.6 Å². The summed E-state index contributed by atoms with van der Waals surface area (Å²) in [6.07, 6.45) is 8.02. The van der Waals surface area contributed by atoms with Gasteiger partial charge in [0.1, 0.15) is 6.33 Å². The summed E-state index contributed by atoms with van der Waals surface area (Å²) in [5, 5.41) is 11.5. The Labute approximate surface area is 142 Å². The molecular formula is C17H23N5S. The molecule has 2 N–H and O–H groups in total. The second kappa shape index (κ2) is 7.55. The molecule has 1 aromatic carbocycles. The summed E-state index contributed by atoms with van der Waals surface area (Å²) in [5.74, 6) is 0.548. The second-order valence-corrected chi connectivity index (χ2v) is 6.53. The molecule has 3 rings (SSSR count). The van der Waals surface area contributed by atoms with E-state index in [1.807, 2.05) is 16.8 Å². The number of aryl methyl sites for hydroxylation is 1. The largest absolute Gasteiger partial charge is 0.360 e. The van der Waals surface area contributed by atoms with Crippen molar-refractivity contribution in [1.82, 2.24) is 20.1 Å². The van der Waals surface area contributed by atoms with Crippen molar-refractivity contribution in [3.8, 4) is 0 Å². The quantitative estimate of drug-likeness (QED) is 0.843. The zero-order valence-corrected chi connectivity index (χ0v) is 14.3. The van der Waals surface area contributed by atoms with Crippen LogP contribution in [0, 0.1) is 6.92 Å². The van der Waals surface area contributed by atoms with Crippen molar-refractivity contribution in [3.05, 3.63) is 41.7 Å². The van der Waals surface area contributed by atoms with Gasteiger partial charge in [0.2, 0.25) is 5.95 Å². The standard InChI is InChI=1S/C17H23N5S/c1-13-7-5-6-8-14(13)11-22-12-18-16(21-22)20-17(23)19-15-9-3-2-4-10-15/h5-8,12,15H,2-4,9-11H2,1H3,(H2,19,20,21,23). The maximum Gasteiger partial charge on any atom is 0.248 e. The van der Waals surface area contributed by atoms with Crippen LogP contribution in [0.25, 0.3) is 0 Å². The van der Waals surface area contributed by atoms with Gasteiger partial charge in [-0.2, -0.15) is 0 Å². The number of nitrogens with zero attached hydrogens (tertiary/aromatic N) is 3. The highest BCUT2D eigenvalue weighted by Crippen LogP contribution is 2.17. The molecule has 0 atom stereocenters. The maximum atomic E-state index is 5.37. The Hall–Kier alpha value is -1.95. The van der Waals surface area contributed by atoms with Crippen LogP contribution in [0.15, 0.2) is 30.6 Å². The van der Waals surface area contributed by atoms with E-state index in [1.165, 1.54) is 43.2 Å². The molecule has 1 heterocycles. The minimum atomic E-state index is 0.484. The van der Waals surface area contributed by atoms with E-state index in [4.69, 9.17) is 12.2 Å². The fourth-order valence-electron chi connectivity index (χ4n) is 2.96. The fraction of sp³-hybridized carbons (Fsp3) is 0.471. The van der Waals surface area contributed by atoms with Gasteiger partial charge in [-0.1, -0.05) is 43.5 Å². The van der Waals surface area contributed by atoms with Crippen LogP contribution in [0.1, 0.15) is 43.2 Å². The molecule has 1 aliphatic carbocycles. The van der Waals surface area contributed by atoms with E-state index < -0.39 is 0 Å². The molecule has 5 nitrogen and oxygen atoms in total. The van der Waals surface area contributed by atoms with Crippen molar-refractivity contribution >= 4 is 23.3 Å². The van der Waals surface area contributed by atoms with Crippen molar-refractivity contribution < 1.29 is 0 Å². The summed E-state index contributed by atoms with van der Waals surface area (Å²) in [6, 6.07) is 8.79. The Morgan fingerprint density at radius 1 is 1.26 bits per heavy atom. The van der Waals surface area contributed by atoms with Crippen LogP contribution >= 0.6 is 12.2 Å². The molecule has 1 fully saturated rings. The zero-order valence-electron chi connectivity index (χ0n) is 13.5. The number of benzene rings is 1. The summed E-state index contributed by atoms with van der Waals surface area (Å²) in [4.78, 5) is 4.29. The Kier molecular flexibility index (Phi) is 5.23. The van der Waals surface area contributed by atoms with Crippen LogP contribution in [0.4, 0.5) is 5.95 Å². The van der Waals surface area contributed by atoms with Gasteiger partial charge in [0.05, 0.1) is 6.54 Å².